The van der Waals surface area contributed by atoms with Gasteiger partial charge in [-0.1, -0.05) is 19.9 Å². The molecule has 0 bridgehead atoms. The predicted molar refractivity (Wildman–Crippen MR) is 77.8 cm³/mol. The molecule has 0 aromatic heterocycles. The number of benzene rings is 1. The molecule has 0 fully saturated rings. The Morgan fingerprint density at radius 3 is 2.57 bits per heavy atom. The normalized spacial score (nSPS) is 14.0. The Morgan fingerprint density at radius 2 is 2.00 bits per heavy atom. The molecule has 21 heavy (non-hydrogen) atoms. The fourth-order valence-electron chi connectivity index (χ4n) is 1.72. The summed E-state index contributed by atoms with van der Waals surface area (Å²) in [5.41, 5.74) is -0.272. The molecule has 118 valence electrons. The zero-order valence-corrected chi connectivity index (χ0v) is 12.7. The SMILES string of the molecule is CC(C)C(C)(O)CNC(=O)CCCc1ccc(F)c(F)c1. The molecule has 2 N–H and O–H groups in total. The van der Waals surface area contributed by atoms with Crippen LogP contribution in [0.25, 0.3) is 0 Å². The van der Waals surface area contributed by atoms with Crippen molar-refractivity contribution in [2.75, 3.05) is 6.54 Å². The molecular formula is C16H23F2NO2. The Bertz CT molecular complexity index is 487. The number of hydrogen-bond donors (Lipinski definition) is 2. The Balaban J connectivity index is 2.32. The topological polar surface area (TPSA) is 49.3 Å². The second-order valence-electron chi connectivity index (χ2n) is 5.89. The van der Waals surface area contributed by atoms with Gasteiger partial charge in [0, 0.05) is 13.0 Å². The second kappa shape index (κ2) is 7.50. The molecule has 1 amide bonds. The van der Waals surface area contributed by atoms with E-state index in [-0.39, 0.29) is 24.8 Å². The second-order valence-corrected chi connectivity index (χ2v) is 5.89. The van der Waals surface area contributed by atoms with Crippen molar-refractivity contribution in [3.63, 3.8) is 0 Å². The number of amides is 1. The molecule has 1 atom stereocenters. The monoisotopic (exact) mass is 299 g/mol. The molecule has 1 unspecified atom stereocenters. The van der Waals surface area contributed by atoms with Crippen LogP contribution in [0.5, 0.6) is 0 Å². The number of halogens is 2. The van der Waals surface area contributed by atoms with Gasteiger partial charge < -0.3 is 10.4 Å². The maximum atomic E-state index is 13.0. The highest BCUT2D eigenvalue weighted by Crippen LogP contribution is 2.15. The standard InChI is InChI=1S/C16H23F2NO2/c1-11(2)16(3,21)10-19-15(20)6-4-5-12-7-8-13(17)14(18)9-12/h7-9,11,21H,4-6,10H2,1-3H3,(H,19,20). The van der Waals surface area contributed by atoms with Crippen LogP contribution in [-0.2, 0) is 11.2 Å². The van der Waals surface area contributed by atoms with Crippen molar-refractivity contribution in [2.45, 2.75) is 45.6 Å². The predicted octanol–water partition coefficient (Wildman–Crippen LogP) is 2.81. The summed E-state index contributed by atoms with van der Waals surface area (Å²) >= 11 is 0. The minimum Gasteiger partial charge on any atom is -0.388 e. The van der Waals surface area contributed by atoms with Crippen molar-refractivity contribution in [3.05, 3.63) is 35.4 Å². The number of nitrogens with one attached hydrogen (secondary N) is 1. The van der Waals surface area contributed by atoms with E-state index in [0.717, 1.165) is 12.1 Å². The number of aryl methyl sites for hydroxylation is 1. The Kier molecular flexibility index (Phi) is 6.27. The van der Waals surface area contributed by atoms with Gasteiger partial charge in [0.25, 0.3) is 0 Å². The van der Waals surface area contributed by atoms with E-state index in [1.807, 2.05) is 13.8 Å². The van der Waals surface area contributed by atoms with Crippen LogP contribution in [0.2, 0.25) is 0 Å². The maximum Gasteiger partial charge on any atom is 0.220 e. The first-order valence-electron chi connectivity index (χ1n) is 7.15. The lowest BCUT2D eigenvalue weighted by atomic mass is 9.92. The smallest absolute Gasteiger partial charge is 0.220 e. The van der Waals surface area contributed by atoms with Crippen molar-refractivity contribution >= 4 is 5.91 Å². The van der Waals surface area contributed by atoms with E-state index in [1.54, 1.807) is 6.92 Å². The Morgan fingerprint density at radius 1 is 1.33 bits per heavy atom. The Hall–Kier alpha value is -1.49. The highest BCUT2D eigenvalue weighted by Gasteiger charge is 2.25. The molecule has 0 aliphatic carbocycles. The molecule has 0 heterocycles. The maximum absolute atomic E-state index is 13.0. The third-order valence-electron chi connectivity index (χ3n) is 3.74. The van der Waals surface area contributed by atoms with Crippen LogP contribution in [0, 0.1) is 17.6 Å². The lowest BCUT2D eigenvalue weighted by Crippen LogP contribution is -2.44. The third kappa shape index (κ3) is 5.79. The first-order chi connectivity index (χ1) is 9.72. The van der Waals surface area contributed by atoms with Gasteiger partial charge in [-0.05, 0) is 43.4 Å². The molecular weight excluding hydrogens is 276 g/mol. The van der Waals surface area contributed by atoms with Crippen LogP contribution in [0.1, 0.15) is 39.2 Å². The summed E-state index contributed by atoms with van der Waals surface area (Å²) in [7, 11) is 0. The van der Waals surface area contributed by atoms with Crippen molar-refractivity contribution in [1.82, 2.24) is 5.32 Å². The summed E-state index contributed by atoms with van der Waals surface area (Å²) in [4.78, 5) is 11.7. The summed E-state index contributed by atoms with van der Waals surface area (Å²) < 4.78 is 25.8. The molecule has 0 saturated heterocycles. The quantitative estimate of drug-likeness (QED) is 0.813. The van der Waals surface area contributed by atoms with Crippen LogP contribution in [-0.4, -0.2) is 23.2 Å². The molecule has 1 aromatic rings. The lowest BCUT2D eigenvalue weighted by molar-refractivity contribution is -0.122. The van der Waals surface area contributed by atoms with Crippen molar-refractivity contribution in [2.24, 2.45) is 5.92 Å². The average Bonchev–Trinajstić information content (AvgIpc) is 2.40. The fraction of sp³-hybridized carbons (Fsp3) is 0.562. The van der Waals surface area contributed by atoms with Gasteiger partial charge in [-0.3, -0.25) is 4.79 Å². The molecule has 0 radical (unpaired) electrons. The number of carbonyl (C=O) groups excluding carboxylic acids is 1. The van der Waals surface area contributed by atoms with E-state index in [1.165, 1.54) is 6.07 Å². The van der Waals surface area contributed by atoms with E-state index in [4.69, 9.17) is 0 Å². The zero-order chi connectivity index (χ0) is 16.0. The molecule has 0 aliphatic heterocycles. The molecule has 5 heteroatoms. The van der Waals surface area contributed by atoms with Gasteiger partial charge in [-0.15, -0.1) is 0 Å². The van der Waals surface area contributed by atoms with Gasteiger partial charge in [0.15, 0.2) is 11.6 Å². The van der Waals surface area contributed by atoms with Crippen LogP contribution in [0.15, 0.2) is 18.2 Å². The summed E-state index contributed by atoms with van der Waals surface area (Å²) in [6.45, 7) is 5.65. The van der Waals surface area contributed by atoms with Crippen molar-refractivity contribution in [1.29, 1.82) is 0 Å². The average molecular weight is 299 g/mol. The van der Waals surface area contributed by atoms with Gasteiger partial charge in [0.2, 0.25) is 5.91 Å². The Labute approximate surface area is 124 Å². The molecule has 1 rings (SSSR count). The number of aliphatic hydroxyl groups is 1. The molecule has 3 nitrogen and oxygen atoms in total. The first-order valence-corrected chi connectivity index (χ1v) is 7.15. The minimum atomic E-state index is -0.935. The van der Waals surface area contributed by atoms with Gasteiger partial charge in [0.05, 0.1) is 5.60 Å². The first kappa shape index (κ1) is 17.6. The number of rotatable bonds is 7. The van der Waals surface area contributed by atoms with Gasteiger partial charge in [-0.2, -0.15) is 0 Å². The third-order valence-corrected chi connectivity index (χ3v) is 3.74. The van der Waals surface area contributed by atoms with Crippen LogP contribution >= 0.6 is 0 Å². The summed E-state index contributed by atoms with van der Waals surface area (Å²) in [5, 5.41) is 12.7. The highest BCUT2D eigenvalue weighted by atomic mass is 19.2. The summed E-state index contributed by atoms with van der Waals surface area (Å²) in [6.07, 6.45) is 1.33. The molecule has 0 aliphatic rings. The zero-order valence-electron chi connectivity index (χ0n) is 12.7. The highest BCUT2D eigenvalue weighted by molar-refractivity contribution is 5.75. The summed E-state index contributed by atoms with van der Waals surface area (Å²) in [5.74, 6) is -1.85. The summed E-state index contributed by atoms with van der Waals surface area (Å²) in [6, 6.07) is 3.75. The minimum absolute atomic E-state index is 0.0417. The van der Waals surface area contributed by atoms with Crippen LogP contribution < -0.4 is 5.32 Å². The molecule has 1 aromatic carbocycles. The van der Waals surface area contributed by atoms with E-state index in [9.17, 15) is 18.7 Å². The number of hydrogen-bond acceptors (Lipinski definition) is 2. The fourth-order valence-corrected chi connectivity index (χ4v) is 1.72. The molecule has 0 saturated carbocycles. The largest absolute Gasteiger partial charge is 0.388 e. The van der Waals surface area contributed by atoms with Crippen molar-refractivity contribution < 1.29 is 18.7 Å². The van der Waals surface area contributed by atoms with E-state index in [0.29, 0.717) is 18.4 Å². The number of carbonyl (C=O) groups is 1. The molecule has 0 spiro atoms. The van der Waals surface area contributed by atoms with Gasteiger partial charge in [-0.25, -0.2) is 8.78 Å². The van der Waals surface area contributed by atoms with Gasteiger partial charge >= 0.3 is 0 Å². The van der Waals surface area contributed by atoms with Crippen LogP contribution in [0.3, 0.4) is 0 Å². The lowest BCUT2D eigenvalue weighted by Gasteiger charge is -2.27. The van der Waals surface area contributed by atoms with Crippen molar-refractivity contribution in [3.8, 4) is 0 Å². The van der Waals surface area contributed by atoms with E-state index >= 15 is 0 Å². The van der Waals surface area contributed by atoms with Gasteiger partial charge in [0.1, 0.15) is 0 Å². The van der Waals surface area contributed by atoms with Crippen LogP contribution in [0.4, 0.5) is 8.78 Å². The van der Waals surface area contributed by atoms with E-state index in [2.05, 4.69) is 5.32 Å². The van der Waals surface area contributed by atoms with E-state index < -0.39 is 17.2 Å².